The van der Waals surface area contributed by atoms with Crippen molar-refractivity contribution in [2.75, 3.05) is 0 Å². The first-order valence-electron chi connectivity index (χ1n) is 6.76. The monoisotopic (exact) mass is 277 g/mol. The Morgan fingerprint density at radius 2 is 2.11 bits per heavy atom. The highest BCUT2D eigenvalue weighted by Crippen LogP contribution is 2.23. The van der Waals surface area contributed by atoms with Crippen LogP contribution >= 0.6 is 11.3 Å². The van der Waals surface area contributed by atoms with E-state index in [2.05, 4.69) is 55.6 Å². The van der Waals surface area contributed by atoms with Crippen molar-refractivity contribution in [3.8, 4) is 0 Å². The van der Waals surface area contributed by atoms with Crippen molar-refractivity contribution in [2.45, 2.75) is 53.2 Å². The minimum atomic E-state index is -0.0805. The van der Waals surface area contributed by atoms with Gasteiger partial charge in [-0.2, -0.15) is 0 Å². The summed E-state index contributed by atoms with van der Waals surface area (Å²) in [6, 6.07) is 2.28. The normalized spacial score (nSPS) is 12.1. The molecule has 0 radical (unpaired) electrons. The first kappa shape index (κ1) is 14.3. The number of nitrogens with zero attached hydrogens (tertiary/aromatic N) is 2. The average molecular weight is 277 g/mol. The molecule has 0 saturated carbocycles. The summed E-state index contributed by atoms with van der Waals surface area (Å²) < 4.78 is 2.35. The molecular formula is C15H23N3S. The van der Waals surface area contributed by atoms with Gasteiger partial charge in [0, 0.05) is 36.1 Å². The molecular weight excluding hydrogens is 254 g/mol. The van der Waals surface area contributed by atoms with Crippen molar-refractivity contribution in [1.82, 2.24) is 14.9 Å². The third kappa shape index (κ3) is 2.90. The molecule has 19 heavy (non-hydrogen) atoms. The van der Waals surface area contributed by atoms with E-state index in [1.807, 2.05) is 11.6 Å². The summed E-state index contributed by atoms with van der Waals surface area (Å²) in [7, 11) is 0. The molecule has 0 aliphatic carbocycles. The first-order valence-corrected chi connectivity index (χ1v) is 7.64. The number of aromatic nitrogens is 2. The summed E-state index contributed by atoms with van der Waals surface area (Å²) in [5, 5.41) is 6.78. The fraction of sp³-hybridized carbons (Fsp3) is 0.533. The van der Waals surface area contributed by atoms with Gasteiger partial charge in [0.25, 0.3) is 0 Å². The van der Waals surface area contributed by atoms with Gasteiger partial charge in [0.2, 0.25) is 0 Å². The van der Waals surface area contributed by atoms with Crippen molar-refractivity contribution in [3.05, 3.63) is 39.6 Å². The lowest BCUT2D eigenvalue weighted by Crippen LogP contribution is -2.35. The molecule has 0 aromatic carbocycles. The molecule has 0 atom stereocenters. The van der Waals surface area contributed by atoms with E-state index in [0.717, 1.165) is 18.1 Å². The fourth-order valence-corrected chi connectivity index (χ4v) is 3.20. The summed E-state index contributed by atoms with van der Waals surface area (Å²) in [5.41, 5.74) is 4.00. The second kappa shape index (κ2) is 5.47. The third-order valence-corrected chi connectivity index (χ3v) is 4.78. The van der Waals surface area contributed by atoms with Crippen LogP contribution in [0.2, 0.25) is 0 Å². The average Bonchev–Trinajstić information content (AvgIpc) is 2.96. The number of hydrogen-bond acceptors (Lipinski definition) is 3. The number of nitrogens with one attached hydrogen (secondary N) is 1. The molecule has 104 valence electrons. The van der Waals surface area contributed by atoms with Gasteiger partial charge in [-0.15, -0.1) is 11.3 Å². The molecule has 0 saturated heterocycles. The number of thiazole rings is 1. The lowest BCUT2D eigenvalue weighted by molar-refractivity contribution is 0.399. The van der Waals surface area contributed by atoms with Gasteiger partial charge in [-0.3, -0.25) is 0 Å². The molecule has 2 rings (SSSR count). The van der Waals surface area contributed by atoms with E-state index in [9.17, 15) is 0 Å². The van der Waals surface area contributed by atoms with E-state index in [0.29, 0.717) is 0 Å². The summed E-state index contributed by atoms with van der Waals surface area (Å²) in [5.74, 6) is 0. The highest BCUT2D eigenvalue weighted by Gasteiger charge is 2.23. The number of hydrogen-bond donors (Lipinski definition) is 1. The molecule has 2 aromatic rings. The van der Waals surface area contributed by atoms with Gasteiger partial charge >= 0.3 is 0 Å². The molecule has 2 aromatic heterocycles. The molecule has 3 nitrogen and oxygen atoms in total. The molecule has 2 heterocycles. The van der Waals surface area contributed by atoms with Crippen LogP contribution in [-0.4, -0.2) is 9.55 Å². The predicted octanol–water partition coefficient (Wildman–Crippen LogP) is 3.61. The van der Waals surface area contributed by atoms with Crippen molar-refractivity contribution >= 4 is 11.3 Å². The Bertz CT molecular complexity index is 538. The Balaban J connectivity index is 2.11. The van der Waals surface area contributed by atoms with Crippen LogP contribution in [-0.2, 0) is 18.6 Å². The van der Waals surface area contributed by atoms with E-state index in [1.165, 1.54) is 17.0 Å². The smallest absolute Gasteiger partial charge is 0.112 e. The SMILES string of the molecule is CCn1c(C)cc(CNC(C)(C)c2nccs2)c1C. The molecule has 0 unspecified atom stereocenters. The van der Waals surface area contributed by atoms with Gasteiger partial charge in [-0.1, -0.05) is 0 Å². The van der Waals surface area contributed by atoms with Crippen LogP contribution in [0.5, 0.6) is 0 Å². The second-order valence-corrected chi connectivity index (χ2v) is 6.35. The molecule has 0 amide bonds. The Labute approximate surface area is 119 Å². The topological polar surface area (TPSA) is 29.9 Å². The van der Waals surface area contributed by atoms with Gasteiger partial charge in [-0.25, -0.2) is 4.98 Å². The van der Waals surface area contributed by atoms with Crippen molar-refractivity contribution in [2.24, 2.45) is 0 Å². The minimum absolute atomic E-state index is 0.0805. The van der Waals surface area contributed by atoms with E-state index < -0.39 is 0 Å². The van der Waals surface area contributed by atoms with Crippen LogP contribution in [0.3, 0.4) is 0 Å². The van der Waals surface area contributed by atoms with Gasteiger partial charge in [0.15, 0.2) is 0 Å². The predicted molar refractivity (Wildman–Crippen MR) is 81.6 cm³/mol. The van der Waals surface area contributed by atoms with Crippen LogP contribution in [0.1, 0.15) is 42.7 Å². The lowest BCUT2D eigenvalue weighted by Gasteiger charge is -2.24. The maximum Gasteiger partial charge on any atom is 0.112 e. The van der Waals surface area contributed by atoms with Gasteiger partial charge < -0.3 is 9.88 Å². The zero-order chi connectivity index (χ0) is 14.0. The zero-order valence-electron chi connectivity index (χ0n) is 12.4. The highest BCUT2D eigenvalue weighted by atomic mass is 32.1. The Hall–Kier alpha value is -1.13. The zero-order valence-corrected chi connectivity index (χ0v) is 13.3. The van der Waals surface area contributed by atoms with E-state index in [4.69, 9.17) is 0 Å². The molecule has 0 spiro atoms. The van der Waals surface area contributed by atoms with Crippen molar-refractivity contribution in [3.63, 3.8) is 0 Å². The fourth-order valence-electron chi connectivity index (χ4n) is 2.46. The van der Waals surface area contributed by atoms with Crippen LogP contribution in [0, 0.1) is 13.8 Å². The largest absolute Gasteiger partial charge is 0.349 e. The van der Waals surface area contributed by atoms with E-state index >= 15 is 0 Å². The van der Waals surface area contributed by atoms with Crippen LogP contribution in [0.25, 0.3) is 0 Å². The number of aryl methyl sites for hydroxylation is 1. The molecule has 0 aliphatic heterocycles. The van der Waals surface area contributed by atoms with Gasteiger partial charge in [-0.05, 0) is 46.2 Å². The Morgan fingerprint density at radius 3 is 2.63 bits per heavy atom. The van der Waals surface area contributed by atoms with Gasteiger partial charge in [0.05, 0.1) is 5.54 Å². The van der Waals surface area contributed by atoms with E-state index in [-0.39, 0.29) is 5.54 Å². The van der Waals surface area contributed by atoms with E-state index in [1.54, 1.807) is 11.3 Å². The van der Waals surface area contributed by atoms with Crippen molar-refractivity contribution < 1.29 is 0 Å². The summed E-state index contributed by atoms with van der Waals surface area (Å²) >= 11 is 1.70. The molecule has 0 bridgehead atoms. The third-order valence-electron chi connectivity index (χ3n) is 3.68. The summed E-state index contributed by atoms with van der Waals surface area (Å²) in [6.45, 7) is 12.8. The highest BCUT2D eigenvalue weighted by molar-refractivity contribution is 7.09. The van der Waals surface area contributed by atoms with Crippen molar-refractivity contribution in [1.29, 1.82) is 0 Å². The maximum atomic E-state index is 4.41. The Kier molecular flexibility index (Phi) is 4.11. The van der Waals surface area contributed by atoms with Crippen LogP contribution < -0.4 is 5.32 Å². The quantitative estimate of drug-likeness (QED) is 0.905. The minimum Gasteiger partial charge on any atom is -0.349 e. The molecule has 1 N–H and O–H groups in total. The standard InChI is InChI=1S/C15H23N3S/c1-6-18-11(2)9-13(12(18)3)10-17-15(4,5)14-16-7-8-19-14/h7-9,17H,6,10H2,1-5H3. The number of rotatable bonds is 5. The lowest BCUT2D eigenvalue weighted by atomic mass is 10.1. The summed E-state index contributed by atoms with van der Waals surface area (Å²) in [4.78, 5) is 4.41. The van der Waals surface area contributed by atoms with Crippen LogP contribution in [0.4, 0.5) is 0 Å². The van der Waals surface area contributed by atoms with Crippen LogP contribution in [0.15, 0.2) is 17.6 Å². The molecule has 0 aliphatic rings. The molecule has 4 heteroatoms. The second-order valence-electron chi connectivity index (χ2n) is 5.46. The summed E-state index contributed by atoms with van der Waals surface area (Å²) in [6.07, 6.45) is 1.87. The molecule has 0 fully saturated rings. The maximum absolute atomic E-state index is 4.41. The Morgan fingerprint density at radius 1 is 1.37 bits per heavy atom. The first-order chi connectivity index (χ1) is 8.95. The van der Waals surface area contributed by atoms with Gasteiger partial charge in [0.1, 0.15) is 5.01 Å².